The minimum Gasteiger partial charge on any atom is -0.349 e. The van der Waals surface area contributed by atoms with Crippen molar-refractivity contribution in [3.05, 3.63) is 64.7 Å². The van der Waals surface area contributed by atoms with Gasteiger partial charge in [0, 0.05) is 13.1 Å². The number of aliphatic imine (C=N–C) groups is 1. The van der Waals surface area contributed by atoms with Gasteiger partial charge in [-0.3, -0.25) is 0 Å². The van der Waals surface area contributed by atoms with E-state index in [1.165, 1.54) is 11.6 Å². The lowest BCUT2D eigenvalue weighted by molar-refractivity contribution is -0.137. The zero-order valence-electron chi connectivity index (χ0n) is 15.4. The molecule has 1 saturated heterocycles. The maximum Gasteiger partial charge on any atom is 0.416 e. The van der Waals surface area contributed by atoms with Crippen LogP contribution in [0.5, 0.6) is 0 Å². The molecule has 0 N–H and O–H groups in total. The Morgan fingerprint density at radius 3 is 2.43 bits per heavy atom. The fourth-order valence-corrected chi connectivity index (χ4v) is 4.40. The fraction of sp³-hybridized carbons (Fsp3) is 0.350. The molecule has 0 spiro atoms. The van der Waals surface area contributed by atoms with Crippen molar-refractivity contribution < 1.29 is 13.2 Å². The average molecular weight is 449 g/mol. The van der Waals surface area contributed by atoms with E-state index in [0.717, 1.165) is 30.4 Å². The molecule has 1 fully saturated rings. The van der Waals surface area contributed by atoms with Crippen LogP contribution >= 0.6 is 35.8 Å². The standard InChI is InChI=1S/C20H20ClF3N2S.ClH/c1-13(2)11-26-12-18(14-6-4-3-5-7-14)27-19(26)25-17-9-8-15(10-16(17)21)20(22,23)24;/h3-10,13,18H,11-12H2,1-2H3;1H/b25-19-;. The zero-order chi connectivity index (χ0) is 19.6. The fourth-order valence-electron chi connectivity index (χ4n) is 2.93. The van der Waals surface area contributed by atoms with Gasteiger partial charge in [0.25, 0.3) is 0 Å². The first-order chi connectivity index (χ1) is 12.7. The van der Waals surface area contributed by atoms with Crippen LogP contribution in [0.15, 0.2) is 53.5 Å². The number of benzene rings is 2. The van der Waals surface area contributed by atoms with Crippen LogP contribution in [-0.2, 0) is 6.18 Å². The van der Waals surface area contributed by atoms with E-state index in [1.807, 2.05) is 18.2 Å². The quantitative estimate of drug-likeness (QED) is 0.490. The number of rotatable bonds is 4. The van der Waals surface area contributed by atoms with E-state index in [2.05, 4.69) is 35.9 Å². The second-order valence-electron chi connectivity index (χ2n) is 6.87. The van der Waals surface area contributed by atoms with E-state index in [4.69, 9.17) is 11.6 Å². The number of thioether (sulfide) groups is 1. The van der Waals surface area contributed by atoms with E-state index in [9.17, 15) is 13.2 Å². The number of hydrogen-bond donors (Lipinski definition) is 0. The molecule has 1 aliphatic rings. The Labute approximate surface area is 178 Å². The summed E-state index contributed by atoms with van der Waals surface area (Å²) in [5.41, 5.74) is 0.798. The molecule has 2 nitrogen and oxygen atoms in total. The second kappa shape index (κ2) is 9.42. The summed E-state index contributed by atoms with van der Waals surface area (Å²) in [6, 6.07) is 13.4. The van der Waals surface area contributed by atoms with E-state index < -0.39 is 11.7 Å². The first-order valence-corrected chi connectivity index (χ1v) is 9.92. The van der Waals surface area contributed by atoms with Crippen molar-refractivity contribution in [1.29, 1.82) is 0 Å². The van der Waals surface area contributed by atoms with Gasteiger partial charge in [0.15, 0.2) is 5.17 Å². The smallest absolute Gasteiger partial charge is 0.349 e. The second-order valence-corrected chi connectivity index (χ2v) is 8.45. The van der Waals surface area contributed by atoms with Crippen LogP contribution in [0.4, 0.5) is 18.9 Å². The lowest BCUT2D eigenvalue weighted by atomic mass is 10.1. The van der Waals surface area contributed by atoms with Gasteiger partial charge in [-0.15, -0.1) is 12.4 Å². The van der Waals surface area contributed by atoms with E-state index in [-0.39, 0.29) is 22.7 Å². The van der Waals surface area contributed by atoms with Crippen LogP contribution in [0.2, 0.25) is 5.02 Å². The molecule has 28 heavy (non-hydrogen) atoms. The summed E-state index contributed by atoms with van der Waals surface area (Å²) in [5, 5.41) is 1.03. The molecule has 0 aromatic heterocycles. The third-order valence-corrected chi connectivity index (χ3v) is 5.72. The minimum atomic E-state index is -4.42. The highest BCUT2D eigenvalue weighted by molar-refractivity contribution is 8.14. The Kier molecular flexibility index (Phi) is 7.71. The molecule has 0 amide bonds. The Morgan fingerprint density at radius 1 is 1.18 bits per heavy atom. The Hall–Kier alpha value is -1.37. The molecule has 2 aromatic rings. The molecule has 8 heteroatoms. The molecule has 0 bridgehead atoms. The van der Waals surface area contributed by atoms with Gasteiger partial charge in [0.05, 0.1) is 21.5 Å². The van der Waals surface area contributed by atoms with Gasteiger partial charge in [-0.05, 0) is 29.7 Å². The largest absolute Gasteiger partial charge is 0.416 e. The maximum absolute atomic E-state index is 12.8. The van der Waals surface area contributed by atoms with Crippen LogP contribution in [0.25, 0.3) is 0 Å². The summed E-state index contributed by atoms with van der Waals surface area (Å²) in [4.78, 5) is 6.78. The van der Waals surface area contributed by atoms with Gasteiger partial charge >= 0.3 is 6.18 Å². The highest BCUT2D eigenvalue weighted by Crippen LogP contribution is 2.41. The van der Waals surface area contributed by atoms with Gasteiger partial charge in [-0.25, -0.2) is 4.99 Å². The number of alkyl halides is 3. The lowest BCUT2D eigenvalue weighted by Crippen LogP contribution is -2.28. The van der Waals surface area contributed by atoms with Crippen molar-refractivity contribution in [1.82, 2.24) is 4.90 Å². The average Bonchev–Trinajstić information content (AvgIpc) is 2.98. The van der Waals surface area contributed by atoms with Crippen molar-refractivity contribution in [2.75, 3.05) is 13.1 Å². The third kappa shape index (κ3) is 5.58. The van der Waals surface area contributed by atoms with E-state index >= 15 is 0 Å². The predicted molar refractivity (Wildman–Crippen MR) is 114 cm³/mol. The lowest BCUT2D eigenvalue weighted by Gasteiger charge is -2.20. The number of hydrogen-bond acceptors (Lipinski definition) is 2. The molecule has 0 saturated carbocycles. The van der Waals surface area contributed by atoms with Gasteiger partial charge in [0.2, 0.25) is 0 Å². The molecule has 0 aliphatic carbocycles. The molecule has 1 unspecified atom stereocenters. The third-order valence-electron chi connectivity index (χ3n) is 4.15. The van der Waals surface area contributed by atoms with Crippen molar-refractivity contribution in [3.63, 3.8) is 0 Å². The molecular weight excluding hydrogens is 428 g/mol. The van der Waals surface area contributed by atoms with Crippen LogP contribution in [0.3, 0.4) is 0 Å². The normalized spacial score (nSPS) is 18.6. The zero-order valence-corrected chi connectivity index (χ0v) is 17.8. The first kappa shape index (κ1) is 22.9. The van der Waals surface area contributed by atoms with E-state index in [0.29, 0.717) is 11.6 Å². The number of nitrogens with zero attached hydrogens (tertiary/aromatic N) is 2. The molecular formula is C20H21Cl2F3N2S. The molecule has 152 valence electrons. The number of amidine groups is 1. The minimum absolute atomic E-state index is 0. The maximum atomic E-state index is 12.8. The summed E-state index contributed by atoms with van der Waals surface area (Å²) >= 11 is 7.71. The highest BCUT2D eigenvalue weighted by Gasteiger charge is 2.32. The van der Waals surface area contributed by atoms with Gasteiger partial charge in [-0.2, -0.15) is 13.2 Å². The Morgan fingerprint density at radius 2 is 1.86 bits per heavy atom. The van der Waals surface area contributed by atoms with Crippen LogP contribution in [0.1, 0.15) is 30.2 Å². The van der Waals surface area contributed by atoms with Gasteiger partial charge in [-0.1, -0.05) is 67.5 Å². The summed E-state index contributed by atoms with van der Waals surface area (Å²) in [7, 11) is 0. The van der Waals surface area contributed by atoms with E-state index in [1.54, 1.807) is 11.8 Å². The van der Waals surface area contributed by atoms with Crippen molar-refractivity contribution in [3.8, 4) is 0 Å². The predicted octanol–water partition coefficient (Wildman–Crippen LogP) is 7.21. The Balaban J connectivity index is 0.00000280. The van der Waals surface area contributed by atoms with Crippen LogP contribution in [-0.4, -0.2) is 23.2 Å². The topological polar surface area (TPSA) is 15.6 Å². The first-order valence-electron chi connectivity index (χ1n) is 8.66. The molecule has 1 aliphatic heterocycles. The molecule has 1 atom stereocenters. The summed E-state index contributed by atoms with van der Waals surface area (Å²) < 4.78 is 38.5. The van der Waals surface area contributed by atoms with Gasteiger partial charge in [0.1, 0.15) is 0 Å². The SMILES string of the molecule is CC(C)CN1CC(c2ccccc2)S/C1=N\c1ccc(C(F)(F)F)cc1Cl.Cl. The molecule has 0 radical (unpaired) electrons. The molecule has 3 rings (SSSR count). The van der Waals surface area contributed by atoms with Crippen LogP contribution < -0.4 is 0 Å². The van der Waals surface area contributed by atoms with Crippen molar-refractivity contribution >= 4 is 46.6 Å². The number of halogens is 5. The summed E-state index contributed by atoms with van der Waals surface area (Å²) in [6.45, 7) is 5.89. The Bertz CT molecular complexity index is 826. The monoisotopic (exact) mass is 448 g/mol. The van der Waals surface area contributed by atoms with Crippen LogP contribution in [0, 0.1) is 5.92 Å². The summed E-state index contributed by atoms with van der Waals surface area (Å²) in [6.07, 6.45) is -4.42. The highest BCUT2D eigenvalue weighted by atomic mass is 35.5. The summed E-state index contributed by atoms with van der Waals surface area (Å²) in [5.74, 6) is 0.438. The molecule has 2 aromatic carbocycles. The van der Waals surface area contributed by atoms with Gasteiger partial charge < -0.3 is 4.90 Å². The van der Waals surface area contributed by atoms with Crippen molar-refractivity contribution in [2.45, 2.75) is 25.3 Å². The molecule has 1 heterocycles. The van der Waals surface area contributed by atoms with Crippen molar-refractivity contribution in [2.24, 2.45) is 10.9 Å².